The number of aromatic nitrogens is 2. The fourth-order valence-electron chi connectivity index (χ4n) is 1.81. The Hall–Kier alpha value is -0.710. The minimum Gasteiger partial charge on any atom is -0.312 e. The van der Waals surface area contributed by atoms with Gasteiger partial charge >= 0.3 is 0 Å². The molecule has 2 rings (SSSR count). The van der Waals surface area contributed by atoms with Crippen LogP contribution in [0.15, 0.2) is 12.1 Å². The van der Waals surface area contributed by atoms with E-state index in [0.717, 1.165) is 31.9 Å². The van der Waals surface area contributed by atoms with Crippen molar-refractivity contribution in [2.75, 3.05) is 19.6 Å². The zero-order valence-electron chi connectivity index (χ0n) is 8.78. The van der Waals surface area contributed by atoms with Crippen LogP contribution in [0, 0.1) is 0 Å². The second-order valence-corrected chi connectivity index (χ2v) is 4.32. The Morgan fingerprint density at radius 2 is 2.40 bits per heavy atom. The molecule has 2 heterocycles. The number of hydrogen-bond acceptors (Lipinski definition) is 4. The van der Waals surface area contributed by atoms with E-state index < -0.39 is 0 Å². The van der Waals surface area contributed by atoms with Gasteiger partial charge in [0.2, 0.25) is 0 Å². The first-order valence-electron chi connectivity index (χ1n) is 5.18. The van der Waals surface area contributed by atoms with Crippen molar-refractivity contribution in [3.63, 3.8) is 0 Å². The van der Waals surface area contributed by atoms with Crippen LogP contribution in [0.3, 0.4) is 0 Å². The molecule has 0 radical (unpaired) electrons. The average molecular weight is 227 g/mol. The third-order valence-corrected chi connectivity index (χ3v) is 2.73. The Morgan fingerprint density at radius 1 is 1.53 bits per heavy atom. The molecule has 0 aliphatic carbocycles. The topological polar surface area (TPSA) is 41.1 Å². The SMILES string of the molecule is CC1CN(Cc2ccc(Cl)nn2)CCN1. The van der Waals surface area contributed by atoms with E-state index in [4.69, 9.17) is 11.6 Å². The van der Waals surface area contributed by atoms with Crippen LogP contribution in [-0.4, -0.2) is 40.8 Å². The summed E-state index contributed by atoms with van der Waals surface area (Å²) >= 11 is 5.68. The quantitative estimate of drug-likeness (QED) is 0.815. The van der Waals surface area contributed by atoms with Gasteiger partial charge in [-0.25, -0.2) is 0 Å². The molecule has 0 saturated carbocycles. The summed E-state index contributed by atoms with van der Waals surface area (Å²) in [6.07, 6.45) is 0. The first kappa shape index (κ1) is 10.8. The molecule has 1 fully saturated rings. The molecule has 5 heteroatoms. The van der Waals surface area contributed by atoms with Gasteiger partial charge in [0.1, 0.15) is 0 Å². The molecular formula is C10H15ClN4. The van der Waals surface area contributed by atoms with Gasteiger partial charge in [-0.05, 0) is 19.1 Å². The third kappa shape index (κ3) is 3.12. The Bertz CT molecular complexity index is 314. The fourth-order valence-corrected chi connectivity index (χ4v) is 1.91. The molecule has 1 N–H and O–H groups in total. The second kappa shape index (κ2) is 4.88. The van der Waals surface area contributed by atoms with Crippen LogP contribution in [-0.2, 0) is 6.54 Å². The van der Waals surface area contributed by atoms with Crippen molar-refractivity contribution < 1.29 is 0 Å². The minimum absolute atomic E-state index is 0.451. The first-order valence-corrected chi connectivity index (χ1v) is 5.55. The molecule has 1 aliphatic heterocycles. The van der Waals surface area contributed by atoms with Crippen LogP contribution in [0.4, 0.5) is 0 Å². The monoisotopic (exact) mass is 226 g/mol. The van der Waals surface area contributed by atoms with Crippen LogP contribution in [0.1, 0.15) is 12.6 Å². The summed E-state index contributed by atoms with van der Waals surface area (Å²) in [7, 11) is 0. The zero-order chi connectivity index (χ0) is 10.7. The number of piperazine rings is 1. The van der Waals surface area contributed by atoms with E-state index in [1.54, 1.807) is 6.07 Å². The largest absolute Gasteiger partial charge is 0.312 e. The lowest BCUT2D eigenvalue weighted by Gasteiger charge is -2.31. The summed E-state index contributed by atoms with van der Waals surface area (Å²) < 4.78 is 0. The number of nitrogens with zero attached hydrogens (tertiary/aromatic N) is 3. The molecule has 1 atom stereocenters. The Balaban J connectivity index is 1.93. The molecule has 1 aliphatic rings. The van der Waals surface area contributed by atoms with Gasteiger partial charge in [-0.2, -0.15) is 5.10 Å². The van der Waals surface area contributed by atoms with Crippen molar-refractivity contribution in [3.8, 4) is 0 Å². The summed E-state index contributed by atoms with van der Waals surface area (Å²) in [6.45, 7) is 6.22. The van der Waals surface area contributed by atoms with Crippen molar-refractivity contribution in [3.05, 3.63) is 23.0 Å². The predicted molar refractivity (Wildman–Crippen MR) is 59.8 cm³/mol. The molecule has 1 saturated heterocycles. The summed E-state index contributed by atoms with van der Waals surface area (Å²) in [6, 6.07) is 4.27. The Labute approximate surface area is 94.6 Å². The van der Waals surface area contributed by atoms with Crippen molar-refractivity contribution in [2.24, 2.45) is 0 Å². The van der Waals surface area contributed by atoms with Gasteiger partial charge in [0.05, 0.1) is 5.69 Å². The average Bonchev–Trinajstić information content (AvgIpc) is 2.22. The van der Waals surface area contributed by atoms with E-state index >= 15 is 0 Å². The molecule has 0 bridgehead atoms. The first-order chi connectivity index (χ1) is 7.24. The van der Waals surface area contributed by atoms with Gasteiger partial charge in [-0.15, -0.1) is 5.10 Å². The Morgan fingerprint density at radius 3 is 3.07 bits per heavy atom. The maximum atomic E-state index is 5.68. The standard InChI is InChI=1S/C10H15ClN4/c1-8-6-15(5-4-12-8)7-9-2-3-10(11)14-13-9/h2-3,8,12H,4-7H2,1H3. The fraction of sp³-hybridized carbons (Fsp3) is 0.600. The lowest BCUT2D eigenvalue weighted by Crippen LogP contribution is -2.48. The minimum atomic E-state index is 0.451. The molecule has 0 amide bonds. The van der Waals surface area contributed by atoms with Crippen LogP contribution >= 0.6 is 11.6 Å². The molecule has 1 unspecified atom stereocenters. The maximum Gasteiger partial charge on any atom is 0.151 e. The number of rotatable bonds is 2. The second-order valence-electron chi connectivity index (χ2n) is 3.94. The van der Waals surface area contributed by atoms with E-state index in [1.165, 1.54) is 0 Å². The number of halogens is 1. The molecule has 0 aromatic carbocycles. The van der Waals surface area contributed by atoms with Gasteiger partial charge in [0.25, 0.3) is 0 Å². The van der Waals surface area contributed by atoms with Crippen LogP contribution in [0.2, 0.25) is 5.15 Å². The van der Waals surface area contributed by atoms with Crippen molar-refractivity contribution >= 4 is 11.6 Å². The van der Waals surface area contributed by atoms with E-state index in [0.29, 0.717) is 11.2 Å². The maximum absolute atomic E-state index is 5.68. The van der Waals surface area contributed by atoms with Crippen molar-refractivity contribution in [1.82, 2.24) is 20.4 Å². The summed E-state index contributed by atoms with van der Waals surface area (Å²) in [4.78, 5) is 2.37. The summed E-state index contributed by atoms with van der Waals surface area (Å²) in [5, 5.41) is 11.7. The van der Waals surface area contributed by atoms with Crippen molar-refractivity contribution in [1.29, 1.82) is 0 Å². The molecule has 82 valence electrons. The van der Waals surface area contributed by atoms with Crippen LogP contribution in [0.5, 0.6) is 0 Å². The number of nitrogens with one attached hydrogen (secondary N) is 1. The van der Waals surface area contributed by atoms with Crippen LogP contribution in [0.25, 0.3) is 0 Å². The lowest BCUT2D eigenvalue weighted by atomic mass is 10.2. The summed E-state index contributed by atoms with van der Waals surface area (Å²) in [5.41, 5.74) is 0.980. The zero-order valence-corrected chi connectivity index (χ0v) is 9.54. The van der Waals surface area contributed by atoms with Crippen molar-refractivity contribution in [2.45, 2.75) is 19.5 Å². The lowest BCUT2D eigenvalue weighted by molar-refractivity contribution is 0.197. The van der Waals surface area contributed by atoms with Gasteiger partial charge < -0.3 is 5.32 Å². The van der Waals surface area contributed by atoms with Crippen LogP contribution < -0.4 is 5.32 Å². The summed E-state index contributed by atoms with van der Waals surface area (Å²) in [5.74, 6) is 0. The Kier molecular flexibility index (Phi) is 3.51. The van der Waals surface area contributed by atoms with E-state index in [-0.39, 0.29) is 0 Å². The highest BCUT2D eigenvalue weighted by molar-refractivity contribution is 6.29. The molecule has 1 aromatic heterocycles. The molecule has 1 aromatic rings. The smallest absolute Gasteiger partial charge is 0.151 e. The van der Waals surface area contributed by atoms with E-state index in [9.17, 15) is 0 Å². The normalized spacial score (nSPS) is 22.9. The highest BCUT2D eigenvalue weighted by Gasteiger charge is 2.15. The molecule has 4 nitrogen and oxygen atoms in total. The highest BCUT2D eigenvalue weighted by Crippen LogP contribution is 2.07. The molecule has 0 spiro atoms. The third-order valence-electron chi connectivity index (χ3n) is 2.53. The van der Waals surface area contributed by atoms with E-state index in [1.807, 2.05) is 6.07 Å². The van der Waals surface area contributed by atoms with Gasteiger partial charge in [-0.1, -0.05) is 11.6 Å². The predicted octanol–water partition coefficient (Wildman–Crippen LogP) is 0.924. The van der Waals surface area contributed by atoms with Gasteiger partial charge in [-0.3, -0.25) is 4.90 Å². The molecule has 15 heavy (non-hydrogen) atoms. The van der Waals surface area contributed by atoms with Gasteiger partial charge in [0.15, 0.2) is 5.15 Å². The molecular weight excluding hydrogens is 212 g/mol. The number of hydrogen-bond donors (Lipinski definition) is 1. The highest BCUT2D eigenvalue weighted by atomic mass is 35.5. The van der Waals surface area contributed by atoms with E-state index in [2.05, 4.69) is 27.3 Å². The van der Waals surface area contributed by atoms with Gasteiger partial charge in [0, 0.05) is 32.2 Å².